The molecule has 3 aromatic rings. The van der Waals surface area contributed by atoms with Crippen molar-refractivity contribution in [2.24, 2.45) is 5.73 Å². The van der Waals surface area contributed by atoms with E-state index in [4.69, 9.17) is 5.73 Å². The van der Waals surface area contributed by atoms with E-state index < -0.39 is 0 Å². The zero-order chi connectivity index (χ0) is 16.1. The summed E-state index contributed by atoms with van der Waals surface area (Å²) in [6.07, 6.45) is 0. The van der Waals surface area contributed by atoms with Gasteiger partial charge in [-0.1, -0.05) is 18.2 Å². The standard InChI is InChI=1S/C17H19N5O/c18-8-9-19-10-11-20-17(23)12-4-3-7-15-16(12)22-14-6-2-1-5-13(14)21-15/h1-7,19H,8-11,18H2,(H,20,23). The van der Waals surface area contributed by atoms with E-state index in [1.54, 1.807) is 6.07 Å². The highest BCUT2D eigenvalue weighted by molar-refractivity contribution is 6.05. The molecule has 0 aliphatic rings. The van der Waals surface area contributed by atoms with Gasteiger partial charge < -0.3 is 16.4 Å². The first-order valence-corrected chi connectivity index (χ1v) is 7.64. The zero-order valence-corrected chi connectivity index (χ0v) is 12.7. The third-order valence-electron chi connectivity index (χ3n) is 3.52. The molecule has 0 spiro atoms. The number of carbonyl (C=O) groups excluding carboxylic acids is 1. The van der Waals surface area contributed by atoms with Crippen molar-refractivity contribution in [2.45, 2.75) is 0 Å². The summed E-state index contributed by atoms with van der Waals surface area (Å²) in [6, 6.07) is 13.1. The van der Waals surface area contributed by atoms with Crippen LogP contribution in [0, 0.1) is 0 Å². The van der Waals surface area contributed by atoms with Gasteiger partial charge in [-0.3, -0.25) is 4.79 Å². The fourth-order valence-corrected chi connectivity index (χ4v) is 2.41. The predicted molar refractivity (Wildman–Crippen MR) is 91.3 cm³/mol. The topological polar surface area (TPSA) is 92.9 Å². The summed E-state index contributed by atoms with van der Waals surface area (Å²) < 4.78 is 0. The minimum absolute atomic E-state index is 0.144. The van der Waals surface area contributed by atoms with Gasteiger partial charge in [-0.15, -0.1) is 0 Å². The number of aromatic nitrogens is 2. The molecule has 1 amide bonds. The van der Waals surface area contributed by atoms with Gasteiger partial charge in [-0.2, -0.15) is 0 Å². The monoisotopic (exact) mass is 309 g/mol. The van der Waals surface area contributed by atoms with Crippen LogP contribution in [0.25, 0.3) is 22.1 Å². The molecule has 0 radical (unpaired) electrons. The van der Waals surface area contributed by atoms with Crippen molar-refractivity contribution in [1.82, 2.24) is 20.6 Å². The predicted octanol–water partition coefficient (Wildman–Crippen LogP) is 1.06. The number of nitrogens with zero attached hydrogens (tertiary/aromatic N) is 2. The Kier molecular flexibility index (Phi) is 4.75. The molecule has 0 saturated carbocycles. The zero-order valence-electron chi connectivity index (χ0n) is 12.7. The number of para-hydroxylation sites is 3. The van der Waals surface area contributed by atoms with Gasteiger partial charge in [0.1, 0.15) is 5.52 Å². The second-order valence-corrected chi connectivity index (χ2v) is 5.18. The average molecular weight is 309 g/mol. The maximum atomic E-state index is 12.4. The average Bonchev–Trinajstić information content (AvgIpc) is 2.59. The van der Waals surface area contributed by atoms with Crippen LogP contribution >= 0.6 is 0 Å². The largest absolute Gasteiger partial charge is 0.351 e. The molecule has 0 aliphatic heterocycles. The van der Waals surface area contributed by atoms with E-state index in [0.717, 1.165) is 23.1 Å². The lowest BCUT2D eigenvalue weighted by molar-refractivity contribution is 0.0955. The molecule has 3 rings (SSSR count). The van der Waals surface area contributed by atoms with Crippen LogP contribution in [-0.4, -0.2) is 42.1 Å². The Hall–Kier alpha value is -2.57. The van der Waals surface area contributed by atoms with Gasteiger partial charge in [0.05, 0.1) is 22.1 Å². The number of nitrogens with two attached hydrogens (primary N) is 1. The van der Waals surface area contributed by atoms with E-state index in [-0.39, 0.29) is 5.91 Å². The van der Waals surface area contributed by atoms with E-state index in [0.29, 0.717) is 30.7 Å². The summed E-state index contributed by atoms with van der Waals surface area (Å²) in [7, 11) is 0. The lowest BCUT2D eigenvalue weighted by atomic mass is 10.1. The van der Waals surface area contributed by atoms with Crippen LogP contribution in [0.1, 0.15) is 10.4 Å². The van der Waals surface area contributed by atoms with Crippen LogP contribution < -0.4 is 16.4 Å². The highest BCUT2D eigenvalue weighted by Crippen LogP contribution is 2.19. The van der Waals surface area contributed by atoms with Gasteiger partial charge in [0.25, 0.3) is 5.91 Å². The molecule has 0 fully saturated rings. The number of carbonyl (C=O) groups is 1. The van der Waals surface area contributed by atoms with Crippen molar-refractivity contribution in [3.05, 3.63) is 48.0 Å². The Morgan fingerprint density at radius 1 is 0.913 bits per heavy atom. The van der Waals surface area contributed by atoms with E-state index in [1.807, 2.05) is 36.4 Å². The normalized spacial score (nSPS) is 11.0. The second kappa shape index (κ2) is 7.13. The summed E-state index contributed by atoms with van der Waals surface area (Å²) in [4.78, 5) is 21.6. The van der Waals surface area contributed by atoms with Gasteiger partial charge >= 0.3 is 0 Å². The number of benzene rings is 2. The number of rotatable bonds is 6. The molecule has 0 saturated heterocycles. The van der Waals surface area contributed by atoms with Gasteiger partial charge in [-0.05, 0) is 24.3 Å². The summed E-state index contributed by atoms with van der Waals surface area (Å²) in [5, 5.41) is 6.02. The molecule has 6 heteroatoms. The Balaban J connectivity index is 1.85. The van der Waals surface area contributed by atoms with Crippen LogP contribution in [0.5, 0.6) is 0 Å². The fraction of sp³-hybridized carbons (Fsp3) is 0.235. The SMILES string of the molecule is NCCNCCNC(=O)c1cccc2nc3ccccc3nc12. The molecule has 0 atom stereocenters. The number of fused-ring (bicyclic) bond motifs is 2. The smallest absolute Gasteiger partial charge is 0.253 e. The van der Waals surface area contributed by atoms with Crippen molar-refractivity contribution in [2.75, 3.05) is 26.2 Å². The van der Waals surface area contributed by atoms with Crippen molar-refractivity contribution in [3.63, 3.8) is 0 Å². The minimum Gasteiger partial charge on any atom is -0.351 e. The highest BCUT2D eigenvalue weighted by Gasteiger charge is 2.12. The molecule has 1 heterocycles. The Morgan fingerprint density at radius 3 is 2.43 bits per heavy atom. The van der Waals surface area contributed by atoms with E-state index >= 15 is 0 Å². The molecule has 0 unspecified atom stereocenters. The first-order valence-electron chi connectivity index (χ1n) is 7.64. The molecule has 23 heavy (non-hydrogen) atoms. The first kappa shape index (κ1) is 15.3. The molecule has 0 bridgehead atoms. The van der Waals surface area contributed by atoms with Gasteiger partial charge in [-0.25, -0.2) is 9.97 Å². The van der Waals surface area contributed by atoms with E-state index in [1.165, 1.54) is 0 Å². The van der Waals surface area contributed by atoms with E-state index in [9.17, 15) is 4.79 Å². The lowest BCUT2D eigenvalue weighted by Gasteiger charge is -2.08. The van der Waals surface area contributed by atoms with Crippen molar-refractivity contribution in [3.8, 4) is 0 Å². The third-order valence-corrected chi connectivity index (χ3v) is 3.52. The molecular weight excluding hydrogens is 290 g/mol. The Bertz CT molecular complexity index is 833. The maximum Gasteiger partial charge on any atom is 0.253 e. The number of amides is 1. The summed E-state index contributed by atoms with van der Waals surface area (Å²) in [6.45, 7) is 2.54. The summed E-state index contributed by atoms with van der Waals surface area (Å²) >= 11 is 0. The van der Waals surface area contributed by atoms with Crippen molar-refractivity contribution in [1.29, 1.82) is 0 Å². The molecule has 2 aromatic carbocycles. The molecular formula is C17H19N5O. The number of nitrogens with one attached hydrogen (secondary N) is 2. The molecule has 1 aromatic heterocycles. The van der Waals surface area contributed by atoms with Crippen LogP contribution in [0.4, 0.5) is 0 Å². The quantitative estimate of drug-likeness (QED) is 0.468. The molecule has 0 aliphatic carbocycles. The molecule has 4 N–H and O–H groups in total. The summed E-state index contributed by atoms with van der Waals surface area (Å²) in [5.41, 5.74) is 8.89. The molecule has 6 nitrogen and oxygen atoms in total. The fourth-order valence-electron chi connectivity index (χ4n) is 2.41. The number of hydrogen-bond donors (Lipinski definition) is 3. The van der Waals surface area contributed by atoms with Crippen molar-refractivity contribution < 1.29 is 4.79 Å². The van der Waals surface area contributed by atoms with Crippen LogP contribution in [0.2, 0.25) is 0 Å². The van der Waals surface area contributed by atoms with Gasteiger partial charge in [0.15, 0.2) is 0 Å². The Morgan fingerprint density at radius 2 is 1.65 bits per heavy atom. The second-order valence-electron chi connectivity index (χ2n) is 5.18. The minimum atomic E-state index is -0.144. The molecule has 118 valence electrons. The van der Waals surface area contributed by atoms with Crippen molar-refractivity contribution >= 4 is 28.0 Å². The highest BCUT2D eigenvalue weighted by atomic mass is 16.1. The van der Waals surface area contributed by atoms with E-state index in [2.05, 4.69) is 20.6 Å². The summed E-state index contributed by atoms with van der Waals surface area (Å²) in [5.74, 6) is -0.144. The maximum absolute atomic E-state index is 12.4. The van der Waals surface area contributed by atoms with Crippen LogP contribution in [0.15, 0.2) is 42.5 Å². The Labute approximate surface area is 134 Å². The van der Waals surface area contributed by atoms with Gasteiger partial charge in [0, 0.05) is 26.2 Å². The lowest BCUT2D eigenvalue weighted by Crippen LogP contribution is -2.33. The third kappa shape index (κ3) is 3.44. The van der Waals surface area contributed by atoms with Gasteiger partial charge in [0.2, 0.25) is 0 Å². The van der Waals surface area contributed by atoms with Crippen LogP contribution in [-0.2, 0) is 0 Å². The first-order chi connectivity index (χ1) is 11.3. The number of hydrogen-bond acceptors (Lipinski definition) is 5. The van der Waals surface area contributed by atoms with Crippen LogP contribution in [0.3, 0.4) is 0 Å².